The van der Waals surface area contributed by atoms with E-state index in [0.717, 1.165) is 6.04 Å². The fraction of sp³-hybridized carbons (Fsp3) is 1.00. The summed E-state index contributed by atoms with van der Waals surface area (Å²) >= 11 is 0. The Morgan fingerprint density at radius 1 is 1.31 bits per heavy atom. The third kappa shape index (κ3) is 2.78. The van der Waals surface area contributed by atoms with E-state index in [9.17, 15) is 0 Å². The molecule has 0 spiro atoms. The molecule has 2 fully saturated rings. The molecule has 0 bridgehead atoms. The first-order valence-electron chi connectivity index (χ1n) is 7.21. The van der Waals surface area contributed by atoms with E-state index < -0.39 is 0 Å². The van der Waals surface area contributed by atoms with Crippen molar-refractivity contribution in [2.24, 2.45) is 0 Å². The van der Waals surface area contributed by atoms with Crippen molar-refractivity contribution in [3.8, 4) is 0 Å². The molecule has 0 aromatic rings. The first-order valence-corrected chi connectivity index (χ1v) is 7.21. The summed E-state index contributed by atoms with van der Waals surface area (Å²) in [4.78, 5) is 2.59. The Hall–Kier alpha value is -0.0800. The third-order valence-corrected chi connectivity index (χ3v) is 4.89. The van der Waals surface area contributed by atoms with Gasteiger partial charge in [-0.05, 0) is 65.1 Å². The SMILES string of the molecule is CCC1(CCC2CCCCN2C)CCCN1. The second-order valence-electron chi connectivity index (χ2n) is 5.83. The lowest BCUT2D eigenvalue weighted by molar-refractivity contribution is 0.159. The molecule has 0 aromatic heterocycles. The molecule has 2 heteroatoms. The normalized spacial score (nSPS) is 36.8. The van der Waals surface area contributed by atoms with E-state index in [1.807, 2.05) is 0 Å². The predicted molar refractivity (Wildman–Crippen MR) is 69.8 cm³/mol. The average molecular weight is 224 g/mol. The van der Waals surface area contributed by atoms with Gasteiger partial charge in [-0.1, -0.05) is 13.3 Å². The van der Waals surface area contributed by atoms with E-state index in [2.05, 4.69) is 24.2 Å². The van der Waals surface area contributed by atoms with Gasteiger partial charge in [0.25, 0.3) is 0 Å². The zero-order valence-electron chi connectivity index (χ0n) is 11.1. The van der Waals surface area contributed by atoms with E-state index >= 15 is 0 Å². The highest BCUT2D eigenvalue weighted by atomic mass is 15.1. The number of hydrogen-bond donors (Lipinski definition) is 1. The van der Waals surface area contributed by atoms with Crippen molar-refractivity contribution in [2.75, 3.05) is 20.1 Å². The molecule has 16 heavy (non-hydrogen) atoms. The molecule has 2 aliphatic rings. The van der Waals surface area contributed by atoms with E-state index in [-0.39, 0.29) is 0 Å². The number of nitrogens with zero attached hydrogens (tertiary/aromatic N) is 1. The molecule has 2 nitrogen and oxygen atoms in total. The molecule has 2 heterocycles. The van der Waals surface area contributed by atoms with E-state index in [1.54, 1.807) is 0 Å². The molecule has 94 valence electrons. The van der Waals surface area contributed by atoms with Gasteiger partial charge in [0.05, 0.1) is 0 Å². The van der Waals surface area contributed by atoms with Crippen molar-refractivity contribution in [3.05, 3.63) is 0 Å². The van der Waals surface area contributed by atoms with Crippen molar-refractivity contribution in [3.63, 3.8) is 0 Å². The maximum atomic E-state index is 3.76. The Kier molecular flexibility index (Phi) is 4.26. The van der Waals surface area contributed by atoms with Gasteiger partial charge in [-0.15, -0.1) is 0 Å². The molecule has 1 N–H and O–H groups in total. The number of likely N-dealkylation sites (tertiary alicyclic amines) is 1. The van der Waals surface area contributed by atoms with E-state index in [4.69, 9.17) is 0 Å². The summed E-state index contributed by atoms with van der Waals surface area (Å²) in [6.07, 6.45) is 11.2. The number of piperidine rings is 1. The summed E-state index contributed by atoms with van der Waals surface area (Å²) in [5.41, 5.74) is 0.498. The van der Waals surface area contributed by atoms with Crippen molar-refractivity contribution in [2.45, 2.75) is 69.9 Å². The fourth-order valence-corrected chi connectivity index (χ4v) is 3.51. The van der Waals surface area contributed by atoms with Crippen LogP contribution in [0.5, 0.6) is 0 Å². The van der Waals surface area contributed by atoms with Crippen LogP contribution in [-0.4, -0.2) is 36.6 Å². The van der Waals surface area contributed by atoms with Crippen LogP contribution in [0, 0.1) is 0 Å². The van der Waals surface area contributed by atoms with Crippen LogP contribution in [0.3, 0.4) is 0 Å². The van der Waals surface area contributed by atoms with Crippen LogP contribution < -0.4 is 5.32 Å². The lowest BCUT2D eigenvalue weighted by Gasteiger charge is -2.36. The molecule has 2 rings (SSSR count). The monoisotopic (exact) mass is 224 g/mol. The highest BCUT2D eigenvalue weighted by Crippen LogP contribution is 2.30. The average Bonchev–Trinajstić information content (AvgIpc) is 2.78. The van der Waals surface area contributed by atoms with Gasteiger partial charge in [0, 0.05) is 11.6 Å². The van der Waals surface area contributed by atoms with Crippen molar-refractivity contribution in [1.82, 2.24) is 10.2 Å². The molecule has 0 saturated carbocycles. The van der Waals surface area contributed by atoms with Crippen LogP contribution in [0.25, 0.3) is 0 Å². The van der Waals surface area contributed by atoms with Gasteiger partial charge in [0.2, 0.25) is 0 Å². The molecule has 0 amide bonds. The van der Waals surface area contributed by atoms with Crippen LogP contribution in [0.15, 0.2) is 0 Å². The maximum absolute atomic E-state index is 3.76. The second-order valence-corrected chi connectivity index (χ2v) is 5.83. The van der Waals surface area contributed by atoms with Crippen LogP contribution in [0.2, 0.25) is 0 Å². The molecular formula is C14H28N2. The highest BCUT2D eigenvalue weighted by Gasteiger charge is 2.32. The molecule has 0 radical (unpaired) electrons. The zero-order valence-corrected chi connectivity index (χ0v) is 11.1. The fourth-order valence-electron chi connectivity index (χ4n) is 3.51. The minimum Gasteiger partial charge on any atom is -0.311 e. The summed E-state index contributed by atoms with van der Waals surface area (Å²) in [7, 11) is 2.31. The number of nitrogens with one attached hydrogen (secondary N) is 1. The minimum absolute atomic E-state index is 0.498. The predicted octanol–water partition coefficient (Wildman–Crippen LogP) is 2.78. The maximum Gasteiger partial charge on any atom is 0.0180 e. The molecule has 0 aliphatic carbocycles. The van der Waals surface area contributed by atoms with E-state index in [1.165, 1.54) is 64.5 Å². The van der Waals surface area contributed by atoms with Crippen molar-refractivity contribution >= 4 is 0 Å². The topological polar surface area (TPSA) is 15.3 Å². The minimum atomic E-state index is 0.498. The Morgan fingerprint density at radius 2 is 2.19 bits per heavy atom. The summed E-state index contributed by atoms with van der Waals surface area (Å²) in [5.74, 6) is 0. The van der Waals surface area contributed by atoms with Crippen LogP contribution in [-0.2, 0) is 0 Å². The van der Waals surface area contributed by atoms with Crippen molar-refractivity contribution < 1.29 is 0 Å². The summed E-state index contributed by atoms with van der Waals surface area (Å²) in [6, 6.07) is 0.861. The van der Waals surface area contributed by atoms with Crippen LogP contribution in [0.1, 0.15) is 58.3 Å². The lowest BCUT2D eigenvalue weighted by atomic mass is 9.85. The molecule has 2 saturated heterocycles. The Bertz CT molecular complexity index is 209. The van der Waals surface area contributed by atoms with Gasteiger partial charge in [-0.3, -0.25) is 0 Å². The highest BCUT2D eigenvalue weighted by molar-refractivity contribution is 4.93. The third-order valence-electron chi connectivity index (χ3n) is 4.89. The standard InChI is InChI=1S/C14H28N2/c1-3-14(9-6-11-15-14)10-8-13-7-4-5-12-16(13)2/h13,15H,3-12H2,1-2H3. The lowest BCUT2D eigenvalue weighted by Crippen LogP contribution is -2.42. The summed E-state index contributed by atoms with van der Waals surface area (Å²) in [6.45, 7) is 4.91. The van der Waals surface area contributed by atoms with Gasteiger partial charge in [-0.25, -0.2) is 0 Å². The molecule has 2 aliphatic heterocycles. The van der Waals surface area contributed by atoms with Crippen molar-refractivity contribution in [1.29, 1.82) is 0 Å². The Balaban J connectivity index is 1.80. The van der Waals surface area contributed by atoms with Gasteiger partial charge in [0.15, 0.2) is 0 Å². The molecular weight excluding hydrogens is 196 g/mol. The Labute approximate surface area is 101 Å². The summed E-state index contributed by atoms with van der Waals surface area (Å²) < 4.78 is 0. The van der Waals surface area contributed by atoms with E-state index in [0.29, 0.717) is 5.54 Å². The Morgan fingerprint density at radius 3 is 2.81 bits per heavy atom. The van der Waals surface area contributed by atoms with Gasteiger partial charge in [0.1, 0.15) is 0 Å². The van der Waals surface area contributed by atoms with Gasteiger partial charge in [-0.2, -0.15) is 0 Å². The first kappa shape index (κ1) is 12.4. The largest absolute Gasteiger partial charge is 0.311 e. The van der Waals surface area contributed by atoms with Gasteiger partial charge >= 0.3 is 0 Å². The molecule has 0 aromatic carbocycles. The second kappa shape index (κ2) is 5.50. The molecule has 2 atom stereocenters. The van der Waals surface area contributed by atoms with Crippen LogP contribution >= 0.6 is 0 Å². The first-order chi connectivity index (χ1) is 7.76. The van der Waals surface area contributed by atoms with Crippen LogP contribution in [0.4, 0.5) is 0 Å². The molecule has 2 unspecified atom stereocenters. The number of rotatable bonds is 4. The quantitative estimate of drug-likeness (QED) is 0.790. The smallest absolute Gasteiger partial charge is 0.0180 e. The number of hydrogen-bond acceptors (Lipinski definition) is 2. The summed E-state index contributed by atoms with van der Waals surface area (Å²) in [5, 5.41) is 3.76. The van der Waals surface area contributed by atoms with Gasteiger partial charge < -0.3 is 10.2 Å². The zero-order chi connectivity index (χ0) is 11.4.